The number of aromatic nitrogens is 4. The third-order valence-corrected chi connectivity index (χ3v) is 6.75. The van der Waals surface area contributed by atoms with Crippen LogP contribution in [0, 0.1) is 29.1 Å². The SMILES string of the molecule is CC(C)(C)NC(=O)OC1CCC(n2nc(-c3ccc(Oc4c(F)c(F)cc(F)c4F)cc3F)c3c(N)ncnc32)CC1. The number of nitrogens with one attached hydrogen (secondary N) is 1. The van der Waals surface area contributed by atoms with Crippen molar-refractivity contribution in [2.24, 2.45) is 0 Å². The van der Waals surface area contributed by atoms with Gasteiger partial charge in [-0.2, -0.15) is 13.9 Å². The normalized spacial score (nSPS) is 17.3. The summed E-state index contributed by atoms with van der Waals surface area (Å²) >= 11 is 0. The number of carbonyl (C=O) groups is 1. The van der Waals surface area contributed by atoms with E-state index in [-0.39, 0.29) is 40.7 Å². The van der Waals surface area contributed by atoms with Crippen LogP contribution in [-0.4, -0.2) is 37.5 Å². The van der Waals surface area contributed by atoms with Gasteiger partial charge in [-0.1, -0.05) is 0 Å². The van der Waals surface area contributed by atoms with E-state index in [2.05, 4.69) is 20.4 Å². The van der Waals surface area contributed by atoms with Gasteiger partial charge in [0, 0.05) is 23.2 Å². The second kappa shape index (κ2) is 11.1. The van der Waals surface area contributed by atoms with Crippen LogP contribution in [0.15, 0.2) is 30.6 Å². The summed E-state index contributed by atoms with van der Waals surface area (Å²) < 4.78 is 82.8. The number of nitrogens with zero attached hydrogens (tertiary/aromatic N) is 4. The van der Waals surface area contributed by atoms with Gasteiger partial charge in [-0.3, -0.25) is 0 Å². The largest absolute Gasteiger partial charge is 0.451 e. The zero-order chi connectivity index (χ0) is 30.3. The first-order valence-electron chi connectivity index (χ1n) is 13.1. The third-order valence-electron chi connectivity index (χ3n) is 6.75. The molecule has 4 aromatic rings. The number of amides is 1. The predicted molar refractivity (Wildman–Crippen MR) is 142 cm³/mol. The van der Waals surface area contributed by atoms with E-state index < -0.39 is 52.2 Å². The number of nitrogen functional groups attached to an aromatic ring is 1. The molecule has 2 aromatic carbocycles. The van der Waals surface area contributed by atoms with Crippen molar-refractivity contribution in [3.8, 4) is 22.8 Å². The van der Waals surface area contributed by atoms with E-state index in [1.165, 1.54) is 12.4 Å². The average molecular weight is 591 g/mol. The molecule has 0 atom stereocenters. The standard InChI is InChI=1S/C28H27F5N6O3/c1-28(2,3)37-27(40)42-14-6-4-13(5-7-14)39-26-20(25(34)35-12-36-26)23(38-39)16-9-8-15(10-17(16)29)41-24-21(32)18(30)11-19(31)22(24)33/h8-14H,4-7H2,1-3H3,(H,37,40)(H2,34,35,36). The fourth-order valence-corrected chi connectivity index (χ4v) is 4.84. The number of carbonyl (C=O) groups excluding carboxylic acids is 1. The molecule has 0 unspecified atom stereocenters. The van der Waals surface area contributed by atoms with Crippen molar-refractivity contribution >= 4 is 22.9 Å². The van der Waals surface area contributed by atoms with E-state index in [0.29, 0.717) is 31.3 Å². The van der Waals surface area contributed by atoms with Gasteiger partial charge >= 0.3 is 6.09 Å². The molecule has 0 spiro atoms. The second-order valence-electron chi connectivity index (χ2n) is 11.0. The number of rotatable bonds is 5. The number of halogens is 5. The van der Waals surface area contributed by atoms with Gasteiger partial charge in [-0.05, 0) is 58.6 Å². The quantitative estimate of drug-likeness (QED) is 0.199. The van der Waals surface area contributed by atoms with Gasteiger partial charge in [0.25, 0.3) is 0 Å². The van der Waals surface area contributed by atoms with Crippen molar-refractivity contribution in [3.63, 3.8) is 0 Å². The lowest BCUT2D eigenvalue weighted by Crippen LogP contribution is -2.42. The van der Waals surface area contributed by atoms with Crippen LogP contribution in [0.5, 0.6) is 11.5 Å². The summed E-state index contributed by atoms with van der Waals surface area (Å²) in [6, 6.07) is 3.06. The van der Waals surface area contributed by atoms with Crippen LogP contribution in [0.4, 0.5) is 32.6 Å². The molecule has 222 valence electrons. The molecule has 1 aliphatic carbocycles. The molecule has 3 N–H and O–H groups in total. The van der Waals surface area contributed by atoms with Crippen LogP contribution < -0.4 is 15.8 Å². The lowest BCUT2D eigenvalue weighted by atomic mass is 9.93. The number of ether oxygens (including phenoxy) is 2. The van der Waals surface area contributed by atoms with Gasteiger partial charge in [-0.15, -0.1) is 0 Å². The Bertz CT molecular complexity index is 1640. The fraction of sp³-hybridized carbons (Fsp3) is 0.357. The van der Waals surface area contributed by atoms with Gasteiger partial charge in [0.2, 0.25) is 17.4 Å². The Morgan fingerprint density at radius 3 is 2.26 bits per heavy atom. The van der Waals surface area contributed by atoms with Crippen LogP contribution in [0.2, 0.25) is 0 Å². The van der Waals surface area contributed by atoms with Crippen molar-refractivity contribution in [2.75, 3.05) is 5.73 Å². The number of fused-ring (bicyclic) bond motifs is 1. The molecule has 1 fully saturated rings. The summed E-state index contributed by atoms with van der Waals surface area (Å²) in [5.74, 6) is -9.48. The first kappa shape index (κ1) is 29.0. The molecular weight excluding hydrogens is 563 g/mol. The van der Waals surface area contributed by atoms with E-state index in [4.69, 9.17) is 15.2 Å². The first-order valence-corrected chi connectivity index (χ1v) is 13.1. The van der Waals surface area contributed by atoms with Gasteiger partial charge in [-0.25, -0.2) is 32.6 Å². The topological polar surface area (TPSA) is 117 Å². The molecule has 2 aromatic heterocycles. The highest BCUT2D eigenvalue weighted by Crippen LogP contribution is 2.39. The van der Waals surface area contributed by atoms with E-state index in [1.54, 1.807) is 4.68 Å². The number of hydrogen-bond donors (Lipinski definition) is 2. The monoisotopic (exact) mass is 590 g/mol. The Hall–Kier alpha value is -4.49. The van der Waals surface area contributed by atoms with Crippen LogP contribution in [0.3, 0.4) is 0 Å². The first-order chi connectivity index (χ1) is 19.8. The molecule has 0 bridgehead atoms. The summed E-state index contributed by atoms with van der Waals surface area (Å²) in [5, 5.41) is 7.68. The Labute approximate surface area is 236 Å². The number of anilines is 1. The predicted octanol–water partition coefficient (Wildman–Crippen LogP) is 6.57. The average Bonchev–Trinajstić information content (AvgIpc) is 3.30. The molecule has 14 heteroatoms. The molecule has 0 saturated heterocycles. The van der Waals surface area contributed by atoms with Crippen molar-refractivity contribution in [3.05, 3.63) is 59.7 Å². The maximum absolute atomic E-state index is 15.4. The minimum Gasteiger partial charge on any atom is -0.451 e. The summed E-state index contributed by atoms with van der Waals surface area (Å²) in [6.45, 7) is 5.56. The third kappa shape index (κ3) is 5.78. The molecule has 5 rings (SSSR count). The van der Waals surface area contributed by atoms with E-state index in [1.807, 2.05) is 20.8 Å². The number of alkyl carbamates (subject to hydrolysis) is 1. The molecule has 9 nitrogen and oxygen atoms in total. The highest BCUT2D eigenvalue weighted by Gasteiger charge is 2.30. The Morgan fingerprint density at radius 1 is 0.976 bits per heavy atom. The van der Waals surface area contributed by atoms with E-state index in [9.17, 15) is 22.4 Å². The molecule has 1 amide bonds. The molecule has 42 heavy (non-hydrogen) atoms. The molecule has 1 saturated carbocycles. The van der Waals surface area contributed by atoms with Crippen molar-refractivity contribution in [1.29, 1.82) is 0 Å². The Balaban J connectivity index is 1.41. The molecule has 0 aliphatic heterocycles. The fourth-order valence-electron chi connectivity index (χ4n) is 4.84. The van der Waals surface area contributed by atoms with Gasteiger partial charge in [0.1, 0.15) is 35.5 Å². The number of nitrogens with two attached hydrogens (primary N) is 1. The molecule has 2 heterocycles. The van der Waals surface area contributed by atoms with E-state index >= 15 is 4.39 Å². The summed E-state index contributed by atoms with van der Waals surface area (Å²) in [7, 11) is 0. The number of benzene rings is 2. The minimum absolute atomic E-state index is 0.0401. The number of hydrogen-bond acceptors (Lipinski definition) is 7. The second-order valence-corrected chi connectivity index (χ2v) is 11.0. The zero-order valence-corrected chi connectivity index (χ0v) is 22.9. The lowest BCUT2D eigenvalue weighted by molar-refractivity contribution is 0.0602. The highest BCUT2D eigenvalue weighted by molar-refractivity contribution is 5.98. The molecule has 1 aliphatic rings. The summed E-state index contributed by atoms with van der Waals surface area (Å²) in [5.41, 5.74) is 6.14. The zero-order valence-electron chi connectivity index (χ0n) is 22.9. The maximum Gasteiger partial charge on any atom is 0.407 e. The van der Waals surface area contributed by atoms with Crippen molar-refractivity contribution in [2.45, 2.75) is 64.1 Å². The van der Waals surface area contributed by atoms with Crippen LogP contribution >= 0.6 is 0 Å². The smallest absolute Gasteiger partial charge is 0.407 e. The van der Waals surface area contributed by atoms with Gasteiger partial charge in [0.15, 0.2) is 17.3 Å². The Morgan fingerprint density at radius 2 is 1.64 bits per heavy atom. The van der Waals surface area contributed by atoms with E-state index in [0.717, 1.165) is 12.1 Å². The van der Waals surface area contributed by atoms with Gasteiger partial charge in [0.05, 0.1) is 11.4 Å². The molecule has 0 radical (unpaired) electrons. The maximum atomic E-state index is 15.4. The van der Waals surface area contributed by atoms with Crippen molar-refractivity contribution in [1.82, 2.24) is 25.1 Å². The van der Waals surface area contributed by atoms with Crippen molar-refractivity contribution < 1.29 is 36.2 Å². The summed E-state index contributed by atoms with van der Waals surface area (Å²) in [4.78, 5) is 20.5. The van der Waals surface area contributed by atoms with Crippen LogP contribution in [0.25, 0.3) is 22.3 Å². The molecular formula is C28H27F5N6O3. The van der Waals surface area contributed by atoms with Crippen LogP contribution in [-0.2, 0) is 4.74 Å². The lowest BCUT2D eigenvalue weighted by Gasteiger charge is -2.30. The van der Waals surface area contributed by atoms with Gasteiger partial charge < -0.3 is 20.5 Å². The Kier molecular flexibility index (Phi) is 7.64. The van der Waals surface area contributed by atoms with Crippen LogP contribution in [0.1, 0.15) is 52.5 Å². The highest BCUT2D eigenvalue weighted by atomic mass is 19.2. The minimum atomic E-state index is -1.76. The summed E-state index contributed by atoms with van der Waals surface area (Å²) in [6.07, 6.45) is 2.79.